The molecule has 0 unspecified atom stereocenters. The number of carbonyl (C=O) groups is 1. The topological polar surface area (TPSA) is 72.4 Å². The van der Waals surface area contributed by atoms with Gasteiger partial charge in [0.2, 0.25) is 5.91 Å². The minimum Gasteiger partial charge on any atom is -0.360 e. The number of rotatable bonds is 3. The van der Waals surface area contributed by atoms with Crippen LogP contribution in [0.3, 0.4) is 0 Å². The Morgan fingerprint density at radius 2 is 2.30 bits per heavy atom. The maximum atomic E-state index is 11.9. The smallest absolute Gasteiger partial charge is 0.231 e. The highest BCUT2D eigenvalue weighted by Crippen LogP contribution is 2.13. The van der Waals surface area contributed by atoms with Crippen molar-refractivity contribution >= 4 is 29.0 Å². The first-order chi connectivity index (χ1) is 9.60. The summed E-state index contributed by atoms with van der Waals surface area (Å²) in [5.41, 5.74) is 1.40. The summed E-state index contributed by atoms with van der Waals surface area (Å²) in [4.78, 5) is 16.2. The summed E-state index contributed by atoms with van der Waals surface area (Å²) >= 11 is 5.90. The zero-order valence-corrected chi connectivity index (χ0v) is 11.4. The van der Waals surface area contributed by atoms with Crippen molar-refractivity contribution in [2.45, 2.75) is 13.3 Å². The molecule has 1 amide bonds. The van der Waals surface area contributed by atoms with E-state index in [2.05, 4.69) is 15.5 Å². The average Bonchev–Trinajstić information content (AvgIpc) is 2.94. The molecule has 0 aromatic carbocycles. The van der Waals surface area contributed by atoms with Gasteiger partial charge in [0.1, 0.15) is 11.4 Å². The van der Waals surface area contributed by atoms with Crippen molar-refractivity contribution in [1.29, 1.82) is 0 Å². The Balaban J connectivity index is 1.73. The van der Waals surface area contributed by atoms with E-state index in [4.69, 9.17) is 16.1 Å². The van der Waals surface area contributed by atoms with Gasteiger partial charge in [-0.05, 0) is 19.1 Å². The Labute approximate surface area is 119 Å². The molecule has 6 nitrogen and oxygen atoms in total. The van der Waals surface area contributed by atoms with Crippen molar-refractivity contribution in [2.24, 2.45) is 0 Å². The lowest BCUT2D eigenvalue weighted by atomic mass is 10.3. The zero-order valence-electron chi connectivity index (χ0n) is 10.6. The summed E-state index contributed by atoms with van der Waals surface area (Å²) in [7, 11) is 0. The zero-order chi connectivity index (χ0) is 14.1. The Morgan fingerprint density at radius 3 is 3.05 bits per heavy atom. The molecule has 102 valence electrons. The molecule has 7 heteroatoms. The number of halogens is 1. The maximum Gasteiger partial charge on any atom is 0.231 e. The largest absolute Gasteiger partial charge is 0.360 e. The molecule has 0 fully saturated rings. The highest BCUT2D eigenvalue weighted by atomic mass is 35.5. The fourth-order valence-electron chi connectivity index (χ4n) is 1.88. The molecule has 0 saturated carbocycles. The number of fused-ring (bicyclic) bond motifs is 1. The Bertz CT molecular complexity index is 778. The van der Waals surface area contributed by atoms with Crippen LogP contribution in [0.25, 0.3) is 5.65 Å². The van der Waals surface area contributed by atoms with E-state index >= 15 is 0 Å². The summed E-state index contributed by atoms with van der Waals surface area (Å²) in [5, 5.41) is 6.96. The number of nitrogens with zero attached hydrogens (tertiary/aromatic N) is 3. The number of nitrogens with one attached hydrogen (secondary N) is 1. The molecule has 0 bridgehead atoms. The van der Waals surface area contributed by atoms with Gasteiger partial charge in [0.05, 0.1) is 17.1 Å². The number of aryl methyl sites for hydroxylation is 1. The van der Waals surface area contributed by atoms with Gasteiger partial charge in [0.25, 0.3) is 0 Å². The van der Waals surface area contributed by atoms with Crippen LogP contribution in [-0.4, -0.2) is 20.4 Å². The average molecular weight is 291 g/mol. The number of hydrogen-bond acceptors (Lipinski definition) is 4. The van der Waals surface area contributed by atoms with E-state index in [1.807, 2.05) is 0 Å². The van der Waals surface area contributed by atoms with Gasteiger partial charge in [-0.2, -0.15) is 0 Å². The standard InChI is InChI=1S/C13H11ClN4O2/c1-8-4-11(17-20-8)16-13(19)5-10-7-18-6-9(14)2-3-12(18)15-10/h2-4,6-7H,5H2,1H3,(H,16,17,19). The van der Waals surface area contributed by atoms with Gasteiger partial charge in [-0.15, -0.1) is 0 Å². The van der Waals surface area contributed by atoms with Gasteiger partial charge < -0.3 is 14.2 Å². The first-order valence-electron chi connectivity index (χ1n) is 5.96. The number of anilines is 1. The second kappa shape index (κ2) is 4.97. The monoisotopic (exact) mass is 290 g/mol. The van der Waals surface area contributed by atoms with Crippen molar-refractivity contribution in [1.82, 2.24) is 14.5 Å². The summed E-state index contributed by atoms with van der Waals surface area (Å²) in [5.74, 6) is 0.842. The summed E-state index contributed by atoms with van der Waals surface area (Å²) < 4.78 is 6.66. The molecule has 0 aliphatic heterocycles. The molecular formula is C13H11ClN4O2. The van der Waals surface area contributed by atoms with E-state index in [1.165, 1.54) is 0 Å². The molecule has 0 aliphatic rings. The van der Waals surface area contributed by atoms with Crippen LogP contribution < -0.4 is 5.32 Å². The van der Waals surface area contributed by atoms with Gasteiger partial charge in [0, 0.05) is 18.5 Å². The molecule has 0 saturated heterocycles. The van der Waals surface area contributed by atoms with Crippen molar-refractivity contribution in [3.05, 3.63) is 47.1 Å². The molecule has 3 rings (SSSR count). The number of aromatic nitrogens is 3. The van der Waals surface area contributed by atoms with Crippen molar-refractivity contribution in [3.8, 4) is 0 Å². The summed E-state index contributed by atoms with van der Waals surface area (Å²) in [6.07, 6.45) is 3.67. The third kappa shape index (κ3) is 2.65. The van der Waals surface area contributed by atoms with Crippen LogP contribution in [0.1, 0.15) is 11.5 Å². The SMILES string of the molecule is Cc1cc(NC(=O)Cc2cn3cc(Cl)ccc3n2)no1. The van der Waals surface area contributed by atoms with Crippen LogP contribution >= 0.6 is 11.6 Å². The first-order valence-corrected chi connectivity index (χ1v) is 6.34. The lowest BCUT2D eigenvalue weighted by Crippen LogP contribution is -2.14. The third-order valence-corrected chi connectivity index (χ3v) is 2.93. The molecule has 1 N–H and O–H groups in total. The Hall–Kier alpha value is -2.34. The quantitative estimate of drug-likeness (QED) is 0.804. The molecule has 3 heterocycles. The predicted molar refractivity (Wildman–Crippen MR) is 73.8 cm³/mol. The fraction of sp³-hybridized carbons (Fsp3) is 0.154. The minimum absolute atomic E-state index is 0.158. The molecule has 3 aromatic heterocycles. The van der Waals surface area contributed by atoms with Gasteiger partial charge in [-0.3, -0.25) is 4.79 Å². The van der Waals surface area contributed by atoms with Gasteiger partial charge >= 0.3 is 0 Å². The lowest BCUT2D eigenvalue weighted by Gasteiger charge is -1.97. The van der Waals surface area contributed by atoms with E-state index in [0.717, 1.165) is 5.65 Å². The second-order valence-corrected chi connectivity index (χ2v) is 4.83. The lowest BCUT2D eigenvalue weighted by molar-refractivity contribution is -0.115. The molecule has 0 atom stereocenters. The molecule has 3 aromatic rings. The van der Waals surface area contributed by atoms with Crippen LogP contribution in [0.4, 0.5) is 5.82 Å². The summed E-state index contributed by atoms with van der Waals surface area (Å²) in [6, 6.07) is 5.21. The van der Waals surface area contributed by atoms with E-state index < -0.39 is 0 Å². The van der Waals surface area contributed by atoms with E-state index in [1.54, 1.807) is 41.9 Å². The normalized spacial score (nSPS) is 10.9. The van der Waals surface area contributed by atoms with Crippen molar-refractivity contribution in [2.75, 3.05) is 5.32 Å². The minimum atomic E-state index is -0.201. The van der Waals surface area contributed by atoms with Gasteiger partial charge in [-0.1, -0.05) is 16.8 Å². The molecule has 20 heavy (non-hydrogen) atoms. The number of imidazole rings is 1. The summed E-state index contributed by atoms with van der Waals surface area (Å²) in [6.45, 7) is 1.76. The number of carbonyl (C=O) groups excluding carboxylic acids is 1. The van der Waals surface area contributed by atoms with E-state index in [9.17, 15) is 4.79 Å². The van der Waals surface area contributed by atoms with Crippen molar-refractivity contribution < 1.29 is 9.32 Å². The first kappa shape index (κ1) is 12.7. The second-order valence-electron chi connectivity index (χ2n) is 4.39. The Morgan fingerprint density at radius 1 is 1.45 bits per heavy atom. The van der Waals surface area contributed by atoms with E-state index in [0.29, 0.717) is 22.3 Å². The molecule has 0 spiro atoms. The van der Waals surface area contributed by atoms with Crippen LogP contribution in [0.15, 0.2) is 35.1 Å². The highest BCUT2D eigenvalue weighted by molar-refractivity contribution is 6.30. The van der Waals surface area contributed by atoms with Gasteiger partial charge in [0.15, 0.2) is 5.82 Å². The molecular weight excluding hydrogens is 280 g/mol. The predicted octanol–water partition coefficient (Wildman–Crippen LogP) is 2.47. The number of amides is 1. The Kier molecular flexibility index (Phi) is 3.15. The van der Waals surface area contributed by atoms with Crippen LogP contribution in [0.2, 0.25) is 5.02 Å². The van der Waals surface area contributed by atoms with Crippen LogP contribution in [0, 0.1) is 6.92 Å². The molecule has 0 radical (unpaired) electrons. The number of hydrogen-bond donors (Lipinski definition) is 1. The van der Waals surface area contributed by atoms with Crippen molar-refractivity contribution in [3.63, 3.8) is 0 Å². The maximum absolute atomic E-state index is 11.9. The van der Waals surface area contributed by atoms with Gasteiger partial charge in [-0.25, -0.2) is 4.98 Å². The highest BCUT2D eigenvalue weighted by Gasteiger charge is 2.10. The van der Waals surface area contributed by atoms with Crippen LogP contribution in [-0.2, 0) is 11.2 Å². The third-order valence-electron chi connectivity index (χ3n) is 2.70. The van der Waals surface area contributed by atoms with Crippen LogP contribution in [0.5, 0.6) is 0 Å². The number of pyridine rings is 1. The van der Waals surface area contributed by atoms with E-state index in [-0.39, 0.29) is 12.3 Å². The fourth-order valence-corrected chi connectivity index (χ4v) is 2.05. The molecule has 0 aliphatic carbocycles.